The lowest BCUT2D eigenvalue weighted by atomic mass is 10.1. The molecule has 0 aliphatic carbocycles. The van der Waals surface area contributed by atoms with Gasteiger partial charge in [-0.1, -0.05) is 22.8 Å². The van der Waals surface area contributed by atoms with Gasteiger partial charge >= 0.3 is 0 Å². The van der Waals surface area contributed by atoms with E-state index in [1.54, 1.807) is 29.3 Å². The number of aryl methyl sites for hydroxylation is 1. The largest absolute Gasteiger partial charge is 0.353 e. The van der Waals surface area contributed by atoms with Gasteiger partial charge in [-0.2, -0.15) is 0 Å². The van der Waals surface area contributed by atoms with Gasteiger partial charge in [0.25, 0.3) is 5.91 Å². The first kappa shape index (κ1) is 14.9. The third-order valence-electron chi connectivity index (χ3n) is 4.05. The monoisotopic (exact) mass is 343 g/mol. The van der Waals surface area contributed by atoms with Gasteiger partial charge in [0, 0.05) is 19.2 Å². The van der Waals surface area contributed by atoms with Gasteiger partial charge in [0.1, 0.15) is 0 Å². The van der Waals surface area contributed by atoms with Gasteiger partial charge < -0.3 is 14.0 Å². The Kier molecular flexibility index (Phi) is 3.57. The Morgan fingerprint density at radius 3 is 2.88 bits per heavy atom. The summed E-state index contributed by atoms with van der Waals surface area (Å²) in [4.78, 5) is 14.5. The van der Waals surface area contributed by atoms with Crippen LogP contribution in [0.25, 0.3) is 11.6 Å². The number of nitrogens with zero attached hydrogens (tertiary/aromatic N) is 5. The Morgan fingerprint density at radius 1 is 1.25 bits per heavy atom. The van der Waals surface area contributed by atoms with E-state index in [0.717, 1.165) is 5.56 Å². The van der Waals surface area contributed by atoms with Crippen LogP contribution in [-0.4, -0.2) is 37.3 Å². The minimum Gasteiger partial charge on any atom is -0.353 e. The molecule has 1 aliphatic heterocycles. The highest BCUT2D eigenvalue weighted by atomic mass is 35.5. The molecule has 0 radical (unpaired) electrons. The van der Waals surface area contributed by atoms with E-state index < -0.39 is 0 Å². The first-order valence-corrected chi connectivity index (χ1v) is 7.90. The van der Waals surface area contributed by atoms with E-state index in [1.807, 2.05) is 17.6 Å². The van der Waals surface area contributed by atoms with Crippen LogP contribution in [0.2, 0.25) is 5.02 Å². The Bertz CT molecular complexity index is 903. The molecule has 0 N–H and O–H groups in total. The molecular formula is C16H14ClN5O2. The van der Waals surface area contributed by atoms with Crippen LogP contribution < -0.4 is 0 Å². The van der Waals surface area contributed by atoms with Crippen LogP contribution in [0.5, 0.6) is 0 Å². The lowest BCUT2D eigenvalue weighted by Crippen LogP contribution is -2.38. The maximum absolute atomic E-state index is 12.7. The SMILES string of the molecule is Cc1ccc(C(=O)N2CCn3c(nnc3-c3ccno3)C2)c(Cl)c1. The van der Waals surface area contributed by atoms with E-state index in [2.05, 4.69) is 15.4 Å². The van der Waals surface area contributed by atoms with E-state index in [-0.39, 0.29) is 5.91 Å². The Labute approximate surface area is 142 Å². The molecule has 3 heterocycles. The summed E-state index contributed by atoms with van der Waals surface area (Å²) in [6.07, 6.45) is 1.56. The zero-order valence-corrected chi connectivity index (χ0v) is 13.7. The summed E-state index contributed by atoms with van der Waals surface area (Å²) in [5, 5.41) is 12.5. The minimum absolute atomic E-state index is 0.101. The second-order valence-corrected chi connectivity index (χ2v) is 6.09. The number of carbonyl (C=O) groups excluding carboxylic acids is 1. The molecule has 0 atom stereocenters. The lowest BCUT2D eigenvalue weighted by Gasteiger charge is -2.28. The number of rotatable bonds is 2. The molecule has 2 aromatic heterocycles. The molecule has 3 aromatic rings. The molecule has 122 valence electrons. The third-order valence-corrected chi connectivity index (χ3v) is 4.37. The van der Waals surface area contributed by atoms with Crippen LogP contribution in [0.4, 0.5) is 0 Å². The van der Waals surface area contributed by atoms with Gasteiger partial charge in [-0.25, -0.2) is 0 Å². The molecule has 24 heavy (non-hydrogen) atoms. The standard InChI is InChI=1S/C16H14ClN5O2/c1-10-2-3-11(12(17)8-10)16(23)21-6-7-22-14(9-21)19-20-15(22)13-4-5-18-24-13/h2-5,8H,6-7,9H2,1H3. The maximum atomic E-state index is 12.7. The number of hydrogen-bond donors (Lipinski definition) is 0. The van der Waals surface area contributed by atoms with E-state index in [4.69, 9.17) is 16.1 Å². The maximum Gasteiger partial charge on any atom is 0.255 e. The molecule has 1 aromatic carbocycles. The second-order valence-electron chi connectivity index (χ2n) is 5.68. The number of halogens is 1. The topological polar surface area (TPSA) is 77.1 Å². The van der Waals surface area contributed by atoms with Gasteiger partial charge in [-0.15, -0.1) is 10.2 Å². The average Bonchev–Trinajstić information content (AvgIpc) is 3.22. The summed E-state index contributed by atoms with van der Waals surface area (Å²) in [6, 6.07) is 7.18. The zero-order chi connectivity index (χ0) is 16.7. The molecule has 0 saturated carbocycles. The van der Waals surface area contributed by atoms with Crippen molar-refractivity contribution in [1.29, 1.82) is 0 Å². The first-order valence-electron chi connectivity index (χ1n) is 7.52. The van der Waals surface area contributed by atoms with Crippen molar-refractivity contribution in [3.8, 4) is 11.6 Å². The fourth-order valence-electron chi connectivity index (χ4n) is 2.81. The Balaban J connectivity index is 1.60. The van der Waals surface area contributed by atoms with Gasteiger partial charge in [0.15, 0.2) is 5.82 Å². The lowest BCUT2D eigenvalue weighted by molar-refractivity contribution is 0.0708. The predicted octanol–water partition coefficient (Wildman–Crippen LogP) is 2.55. The molecule has 0 unspecified atom stereocenters. The highest BCUT2D eigenvalue weighted by molar-refractivity contribution is 6.33. The van der Waals surface area contributed by atoms with Crippen molar-refractivity contribution >= 4 is 17.5 Å². The van der Waals surface area contributed by atoms with Crippen LogP contribution in [0.1, 0.15) is 21.7 Å². The normalized spacial score (nSPS) is 13.8. The van der Waals surface area contributed by atoms with Gasteiger partial charge in [0.05, 0.1) is 23.3 Å². The molecule has 0 saturated heterocycles. The molecule has 0 spiro atoms. The minimum atomic E-state index is -0.101. The Hall–Kier alpha value is -2.67. The summed E-state index contributed by atoms with van der Waals surface area (Å²) in [7, 11) is 0. The number of benzene rings is 1. The van der Waals surface area contributed by atoms with Crippen LogP contribution in [-0.2, 0) is 13.1 Å². The molecule has 4 rings (SSSR count). The molecule has 1 amide bonds. The number of fused-ring (bicyclic) bond motifs is 1. The van der Waals surface area contributed by atoms with Gasteiger partial charge in [-0.3, -0.25) is 4.79 Å². The second kappa shape index (κ2) is 5.76. The quantitative estimate of drug-likeness (QED) is 0.714. The van der Waals surface area contributed by atoms with Crippen molar-refractivity contribution in [2.24, 2.45) is 0 Å². The average molecular weight is 344 g/mol. The van der Waals surface area contributed by atoms with Crippen molar-refractivity contribution < 1.29 is 9.32 Å². The van der Waals surface area contributed by atoms with Crippen molar-refractivity contribution in [2.75, 3.05) is 6.54 Å². The predicted molar refractivity (Wildman–Crippen MR) is 86.4 cm³/mol. The Morgan fingerprint density at radius 2 is 2.12 bits per heavy atom. The highest BCUT2D eigenvalue weighted by Crippen LogP contribution is 2.24. The highest BCUT2D eigenvalue weighted by Gasteiger charge is 2.27. The van der Waals surface area contributed by atoms with E-state index in [1.165, 1.54) is 0 Å². The molecule has 8 heteroatoms. The third kappa shape index (κ3) is 2.46. The molecular weight excluding hydrogens is 330 g/mol. The number of aromatic nitrogens is 4. The molecule has 7 nitrogen and oxygen atoms in total. The summed E-state index contributed by atoms with van der Waals surface area (Å²) < 4.78 is 7.09. The molecule has 0 fully saturated rings. The summed E-state index contributed by atoms with van der Waals surface area (Å²) >= 11 is 6.22. The summed E-state index contributed by atoms with van der Waals surface area (Å²) in [5.74, 6) is 1.80. The fraction of sp³-hybridized carbons (Fsp3) is 0.250. The fourth-order valence-corrected chi connectivity index (χ4v) is 3.12. The summed E-state index contributed by atoms with van der Waals surface area (Å²) in [5.41, 5.74) is 1.53. The smallest absolute Gasteiger partial charge is 0.255 e. The van der Waals surface area contributed by atoms with Crippen LogP contribution >= 0.6 is 11.6 Å². The van der Waals surface area contributed by atoms with Crippen LogP contribution in [0, 0.1) is 6.92 Å². The van der Waals surface area contributed by atoms with E-state index >= 15 is 0 Å². The van der Waals surface area contributed by atoms with Crippen molar-refractivity contribution in [3.05, 3.63) is 52.4 Å². The van der Waals surface area contributed by atoms with Crippen LogP contribution in [0.3, 0.4) is 0 Å². The zero-order valence-electron chi connectivity index (χ0n) is 12.9. The summed E-state index contributed by atoms with van der Waals surface area (Å²) in [6.45, 7) is 3.46. The number of carbonyl (C=O) groups is 1. The van der Waals surface area contributed by atoms with E-state index in [0.29, 0.717) is 47.6 Å². The van der Waals surface area contributed by atoms with Crippen molar-refractivity contribution in [3.63, 3.8) is 0 Å². The number of amides is 1. The first-order chi connectivity index (χ1) is 11.6. The van der Waals surface area contributed by atoms with Crippen molar-refractivity contribution in [2.45, 2.75) is 20.0 Å². The van der Waals surface area contributed by atoms with Crippen LogP contribution in [0.15, 0.2) is 35.0 Å². The van der Waals surface area contributed by atoms with Crippen molar-refractivity contribution in [1.82, 2.24) is 24.8 Å². The molecule has 0 bridgehead atoms. The molecule has 1 aliphatic rings. The van der Waals surface area contributed by atoms with E-state index in [9.17, 15) is 4.79 Å². The van der Waals surface area contributed by atoms with Gasteiger partial charge in [0.2, 0.25) is 11.6 Å². The van der Waals surface area contributed by atoms with Gasteiger partial charge in [-0.05, 0) is 24.6 Å². The number of hydrogen-bond acceptors (Lipinski definition) is 5.